The lowest BCUT2D eigenvalue weighted by atomic mass is 10.2. The van der Waals surface area contributed by atoms with Gasteiger partial charge in [-0.1, -0.05) is 33.6 Å². The minimum Gasteiger partial charge on any atom is -0.481 e. The molecular weight excluding hydrogens is 396 g/mol. The highest BCUT2D eigenvalue weighted by Gasteiger charge is 2.17. The van der Waals surface area contributed by atoms with Crippen LogP contribution in [0.2, 0.25) is 5.02 Å². The molecule has 0 aliphatic heterocycles. The predicted octanol–water partition coefficient (Wildman–Crippen LogP) is 3.64. The number of aryl methyl sites for hydroxylation is 1. The van der Waals surface area contributed by atoms with Crippen molar-refractivity contribution in [3.05, 3.63) is 63.1 Å². The Kier molecular flexibility index (Phi) is 6.23. The van der Waals surface area contributed by atoms with Gasteiger partial charge in [0.25, 0.3) is 11.8 Å². The fourth-order valence-corrected chi connectivity index (χ4v) is 2.54. The predicted molar refractivity (Wildman–Crippen MR) is 96.0 cm³/mol. The fraction of sp³-hybridized carbons (Fsp3) is 0.176. The van der Waals surface area contributed by atoms with Crippen LogP contribution in [-0.4, -0.2) is 17.9 Å². The summed E-state index contributed by atoms with van der Waals surface area (Å²) in [5.74, 6) is -0.326. The van der Waals surface area contributed by atoms with Crippen molar-refractivity contribution in [2.45, 2.75) is 20.0 Å². The summed E-state index contributed by atoms with van der Waals surface area (Å²) in [5.41, 5.74) is 5.95. The second-order valence-electron chi connectivity index (χ2n) is 5.12. The number of halogens is 2. The van der Waals surface area contributed by atoms with Gasteiger partial charge in [0.15, 0.2) is 6.10 Å². The molecule has 0 heterocycles. The number of hydrogen-bond acceptors (Lipinski definition) is 3. The van der Waals surface area contributed by atoms with Crippen LogP contribution in [0.1, 0.15) is 22.8 Å². The van der Waals surface area contributed by atoms with Gasteiger partial charge in [0.1, 0.15) is 5.75 Å². The van der Waals surface area contributed by atoms with Crippen LogP contribution < -0.4 is 15.6 Å². The Balaban J connectivity index is 1.90. The molecule has 5 nitrogen and oxygen atoms in total. The smallest absolute Gasteiger partial charge is 0.279 e. The van der Waals surface area contributed by atoms with Gasteiger partial charge in [-0.2, -0.15) is 0 Å². The lowest BCUT2D eigenvalue weighted by molar-refractivity contribution is -0.128. The molecule has 0 aliphatic rings. The number of carbonyl (C=O) groups is 2. The monoisotopic (exact) mass is 410 g/mol. The number of amides is 2. The average molecular weight is 412 g/mol. The minimum atomic E-state index is -0.785. The minimum absolute atomic E-state index is 0.417. The van der Waals surface area contributed by atoms with Gasteiger partial charge in [-0.15, -0.1) is 0 Å². The van der Waals surface area contributed by atoms with E-state index in [9.17, 15) is 9.59 Å². The Morgan fingerprint density at radius 2 is 1.92 bits per heavy atom. The van der Waals surface area contributed by atoms with Crippen molar-refractivity contribution in [2.75, 3.05) is 0 Å². The van der Waals surface area contributed by atoms with Crippen LogP contribution in [-0.2, 0) is 4.79 Å². The third-order valence-electron chi connectivity index (χ3n) is 3.20. The summed E-state index contributed by atoms with van der Waals surface area (Å²) in [6.45, 7) is 3.43. The Labute approximate surface area is 153 Å². The van der Waals surface area contributed by atoms with Crippen LogP contribution in [0.15, 0.2) is 46.9 Å². The van der Waals surface area contributed by atoms with Crippen molar-refractivity contribution in [1.82, 2.24) is 10.9 Å². The lowest BCUT2D eigenvalue weighted by Crippen LogP contribution is -2.47. The normalized spacial score (nSPS) is 11.5. The molecule has 126 valence electrons. The van der Waals surface area contributed by atoms with E-state index in [1.807, 2.05) is 6.92 Å². The molecule has 24 heavy (non-hydrogen) atoms. The van der Waals surface area contributed by atoms with E-state index in [1.165, 1.54) is 0 Å². The SMILES string of the molecule is Cc1cc(Cl)ccc1OC(C)C(=O)NNC(=O)c1cccc(Br)c1. The summed E-state index contributed by atoms with van der Waals surface area (Å²) in [5, 5.41) is 0.596. The third-order valence-corrected chi connectivity index (χ3v) is 3.92. The van der Waals surface area contributed by atoms with E-state index < -0.39 is 17.9 Å². The van der Waals surface area contributed by atoms with Gasteiger partial charge < -0.3 is 4.74 Å². The molecule has 2 amide bonds. The van der Waals surface area contributed by atoms with Crippen molar-refractivity contribution in [3.63, 3.8) is 0 Å². The van der Waals surface area contributed by atoms with Gasteiger partial charge in [-0.3, -0.25) is 20.4 Å². The zero-order chi connectivity index (χ0) is 17.7. The maximum Gasteiger partial charge on any atom is 0.279 e. The van der Waals surface area contributed by atoms with E-state index in [4.69, 9.17) is 16.3 Å². The summed E-state index contributed by atoms with van der Waals surface area (Å²) in [4.78, 5) is 24.0. The van der Waals surface area contributed by atoms with Gasteiger partial charge in [0.2, 0.25) is 0 Å². The van der Waals surface area contributed by atoms with Crippen LogP contribution in [0.5, 0.6) is 5.75 Å². The van der Waals surface area contributed by atoms with Gasteiger partial charge in [0, 0.05) is 15.1 Å². The first-order valence-electron chi connectivity index (χ1n) is 7.15. The average Bonchev–Trinajstić information content (AvgIpc) is 2.54. The number of hydrogen-bond donors (Lipinski definition) is 2. The first-order chi connectivity index (χ1) is 11.4. The molecule has 0 spiro atoms. The molecule has 0 aliphatic carbocycles. The first kappa shape index (κ1) is 18.3. The first-order valence-corrected chi connectivity index (χ1v) is 8.32. The number of hydrazine groups is 1. The highest BCUT2D eigenvalue weighted by Crippen LogP contribution is 2.22. The number of ether oxygens (including phenoxy) is 1. The second kappa shape index (κ2) is 8.17. The summed E-state index contributed by atoms with van der Waals surface area (Å²) < 4.78 is 6.36. The van der Waals surface area contributed by atoms with E-state index in [-0.39, 0.29) is 0 Å². The van der Waals surface area contributed by atoms with Crippen molar-refractivity contribution >= 4 is 39.3 Å². The van der Waals surface area contributed by atoms with Gasteiger partial charge in [-0.25, -0.2) is 0 Å². The molecule has 0 radical (unpaired) electrons. The molecule has 2 rings (SSSR count). The van der Waals surface area contributed by atoms with E-state index >= 15 is 0 Å². The number of benzene rings is 2. The highest BCUT2D eigenvalue weighted by molar-refractivity contribution is 9.10. The zero-order valence-electron chi connectivity index (χ0n) is 13.1. The molecule has 1 unspecified atom stereocenters. The summed E-state index contributed by atoms with van der Waals surface area (Å²) in [6.07, 6.45) is -0.785. The van der Waals surface area contributed by atoms with Crippen molar-refractivity contribution in [2.24, 2.45) is 0 Å². The van der Waals surface area contributed by atoms with Crippen LogP contribution in [0.3, 0.4) is 0 Å². The Bertz CT molecular complexity index is 767. The van der Waals surface area contributed by atoms with E-state index in [1.54, 1.807) is 49.4 Å². The Morgan fingerprint density at radius 3 is 2.58 bits per heavy atom. The molecule has 2 aromatic rings. The molecule has 0 aromatic heterocycles. The van der Waals surface area contributed by atoms with Gasteiger partial charge >= 0.3 is 0 Å². The summed E-state index contributed by atoms with van der Waals surface area (Å²) >= 11 is 9.17. The topological polar surface area (TPSA) is 67.4 Å². The van der Waals surface area contributed by atoms with Gasteiger partial charge in [-0.05, 0) is 55.8 Å². The van der Waals surface area contributed by atoms with Gasteiger partial charge in [0.05, 0.1) is 0 Å². The number of nitrogens with one attached hydrogen (secondary N) is 2. The standard InChI is InChI=1S/C17H16BrClN2O3/c1-10-8-14(19)6-7-15(10)24-11(2)16(22)20-21-17(23)12-4-3-5-13(18)9-12/h3-9,11H,1-2H3,(H,20,22)(H,21,23). The quantitative estimate of drug-likeness (QED) is 0.755. The maximum absolute atomic E-state index is 12.0. The molecule has 1 atom stereocenters. The van der Waals surface area contributed by atoms with Crippen molar-refractivity contribution < 1.29 is 14.3 Å². The molecule has 2 aromatic carbocycles. The van der Waals surface area contributed by atoms with E-state index in [0.717, 1.165) is 10.0 Å². The molecule has 2 N–H and O–H groups in total. The van der Waals surface area contributed by atoms with Crippen molar-refractivity contribution in [3.8, 4) is 5.75 Å². The van der Waals surface area contributed by atoms with E-state index in [0.29, 0.717) is 16.3 Å². The largest absolute Gasteiger partial charge is 0.481 e. The molecule has 0 saturated heterocycles. The number of carbonyl (C=O) groups excluding carboxylic acids is 2. The Morgan fingerprint density at radius 1 is 1.17 bits per heavy atom. The molecular formula is C17H16BrClN2O3. The number of rotatable bonds is 4. The molecule has 0 saturated carbocycles. The molecule has 0 fully saturated rings. The molecule has 0 bridgehead atoms. The van der Waals surface area contributed by atoms with Crippen LogP contribution in [0.25, 0.3) is 0 Å². The fourth-order valence-electron chi connectivity index (χ4n) is 1.91. The molecule has 7 heteroatoms. The third kappa shape index (κ3) is 4.97. The Hall–Kier alpha value is -2.05. The highest BCUT2D eigenvalue weighted by atomic mass is 79.9. The van der Waals surface area contributed by atoms with Crippen molar-refractivity contribution in [1.29, 1.82) is 0 Å². The zero-order valence-corrected chi connectivity index (χ0v) is 15.4. The van der Waals surface area contributed by atoms with Crippen LogP contribution in [0.4, 0.5) is 0 Å². The second-order valence-corrected chi connectivity index (χ2v) is 6.48. The van der Waals surface area contributed by atoms with E-state index in [2.05, 4.69) is 26.8 Å². The van der Waals surface area contributed by atoms with Crippen LogP contribution in [0, 0.1) is 6.92 Å². The lowest BCUT2D eigenvalue weighted by Gasteiger charge is -2.16. The summed E-state index contributed by atoms with van der Waals surface area (Å²) in [7, 11) is 0. The maximum atomic E-state index is 12.0. The van der Waals surface area contributed by atoms with Crippen LogP contribution >= 0.6 is 27.5 Å². The summed E-state index contributed by atoms with van der Waals surface area (Å²) in [6, 6.07) is 12.0.